The lowest BCUT2D eigenvalue weighted by molar-refractivity contribution is 0.683. The maximum atomic E-state index is 4.85. The molecule has 0 amide bonds. The molecule has 4 rings (SSSR count). The van der Waals surface area contributed by atoms with Crippen molar-refractivity contribution in [2.24, 2.45) is 0 Å². The van der Waals surface area contributed by atoms with E-state index in [1.54, 1.807) is 0 Å². The molecule has 130 valence electrons. The molecule has 2 heteroatoms. The monoisotopic (exact) mass is 340 g/mol. The summed E-state index contributed by atoms with van der Waals surface area (Å²) in [5, 5.41) is 0. The third kappa shape index (κ3) is 3.03. The van der Waals surface area contributed by atoms with E-state index in [1.807, 2.05) is 0 Å². The molecule has 0 atom stereocenters. The van der Waals surface area contributed by atoms with E-state index in [-0.39, 0.29) is 0 Å². The molecule has 1 heterocycles. The number of fused-ring (bicyclic) bond motifs is 1. The number of benzene rings is 3. The maximum absolute atomic E-state index is 4.85. The topological polar surface area (TPSA) is 17.8 Å². The zero-order chi connectivity index (χ0) is 18.1. The highest BCUT2D eigenvalue weighted by Gasteiger charge is 2.13. The fourth-order valence-electron chi connectivity index (χ4n) is 3.57. The molecule has 2 nitrogen and oxygen atoms in total. The van der Waals surface area contributed by atoms with Crippen LogP contribution in [-0.2, 0) is 6.54 Å². The average Bonchev–Trinajstić information content (AvgIpc) is 3.02. The normalized spacial score (nSPS) is 11.4. The molecular formula is C24H24N2. The Morgan fingerprint density at radius 1 is 0.846 bits per heavy atom. The fourth-order valence-corrected chi connectivity index (χ4v) is 3.57. The molecule has 0 aliphatic heterocycles. The summed E-state index contributed by atoms with van der Waals surface area (Å²) >= 11 is 0. The van der Waals surface area contributed by atoms with Crippen LogP contribution in [0.15, 0.2) is 72.8 Å². The van der Waals surface area contributed by atoms with Crippen molar-refractivity contribution in [1.82, 2.24) is 9.55 Å². The van der Waals surface area contributed by atoms with Gasteiger partial charge in [-0.05, 0) is 41.3 Å². The third-order valence-corrected chi connectivity index (χ3v) is 4.95. The fraction of sp³-hybridized carbons (Fsp3) is 0.208. The van der Waals surface area contributed by atoms with Gasteiger partial charge in [0, 0.05) is 12.5 Å². The van der Waals surface area contributed by atoms with Gasteiger partial charge >= 0.3 is 0 Å². The molecule has 0 unspecified atom stereocenters. The molecule has 4 aromatic rings. The number of imidazole rings is 1. The van der Waals surface area contributed by atoms with Gasteiger partial charge in [0.05, 0.1) is 11.0 Å². The molecular weight excluding hydrogens is 316 g/mol. The predicted molar refractivity (Wildman–Crippen MR) is 110 cm³/mol. The third-order valence-electron chi connectivity index (χ3n) is 4.95. The van der Waals surface area contributed by atoms with Gasteiger partial charge in [0.2, 0.25) is 0 Å². The van der Waals surface area contributed by atoms with Crippen LogP contribution in [0, 0.1) is 6.92 Å². The van der Waals surface area contributed by atoms with Gasteiger partial charge in [0.25, 0.3) is 0 Å². The van der Waals surface area contributed by atoms with E-state index in [9.17, 15) is 0 Å². The highest BCUT2D eigenvalue weighted by Crippen LogP contribution is 2.26. The molecule has 0 radical (unpaired) electrons. The Balaban J connectivity index is 1.69. The largest absolute Gasteiger partial charge is 0.323 e. The van der Waals surface area contributed by atoms with Gasteiger partial charge in [-0.15, -0.1) is 0 Å². The van der Waals surface area contributed by atoms with Gasteiger partial charge in [0.1, 0.15) is 5.82 Å². The first-order valence-electron chi connectivity index (χ1n) is 9.23. The van der Waals surface area contributed by atoms with E-state index in [2.05, 4.69) is 98.1 Å². The quantitative estimate of drug-likeness (QED) is 0.433. The first-order valence-corrected chi connectivity index (χ1v) is 9.23. The van der Waals surface area contributed by atoms with Crippen LogP contribution in [0.1, 0.15) is 36.7 Å². The van der Waals surface area contributed by atoms with Crippen molar-refractivity contribution in [2.45, 2.75) is 33.2 Å². The van der Waals surface area contributed by atoms with Crippen molar-refractivity contribution >= 4 is 11.0 Å². The molecule has 0 fully saturated rings. The average molecular weight is 340 g/mol. The highest BCUT2D eigenvalue weighted by molar-refractivity contribution is 5.76. The van der Waals surface area contributed by atoms with Crippen LogP contribution >= 0.6 is 0 Å². The van der Waals surface area contributed by atoms with Crippen LogP contribution in [-0.4, -0.2) is 9.55 Å². The number of rotatable bonds is 4. The van der Waals surface area contributed by atoms with Crippen LogP contribution < -0.4 is 0 Å². The minimum absolute atomic E-state index is 0.397. The van der Waals surface area contributed by atoms with E-state index >= 15 is 0 Å². The second-order valence-electron chi connectivity index (χ2n) is 7.21. The van der Waals surface area contributed by atoms with E-state index < -0.39 is 0 Å². The van der Waals surface area contributed by atoms with Crippen molar-refractivity contribution in [1.29, 1.82) is 0 Å². The Labute approximate surface area is 155 Å². The smallest absolute Gasteiger partial charge is 0.112 e. The molecule has 0 saturated carbocycles. The molecule has 3 aromatic carbocycles. The summed E-state index contributed by atoms with van der Waals surface area (Å²) < 4.78 is 2.35. The van der Waals surface area contributed by atoms with Gasteiger partial charge in [-0.1, -0.05) is 74.5 Å². The number of hydrogen-bond acceptors (Lipinski definition) is 1. The lowest BCUT2D eigenvalue weighted by atomic mass is 9.99. The number of aryl methyl sites for hydroxylation is 1. The minimum Gasteiger partial charge on any atom is -0.323 e. The van der Waals surface area contributed by atoms with Crippen molar-refractivity contribution in [3.8, 4) is 11.1 Å². The van der Waals surface area contributed by atoms with Crippen molar-refractivity contribution in [3.63, 3.8) is 0 Å². The summed E-state index contributed by atoms with van der Waals surface area (Å²) in [5.41, 5.74) is 7.46. The molecule has 0 spiro atoms. The van der Waals surface area contributed by atoms with Gasteiger partial charge < -0.3 is 4.57 Å². The van der Waals surface area contributed by atoms with Gasteiger partial charge in [0.15, 0.2) is 0 Å². The second kappa shape index (κ2) is 6.80. The summed E-state index contributed by atoms with van der Waals surface area (Å²) in [7, 11) is 0. The summed E-state index contributed by atoms with van der Waals surface area (Å²) in [4.78, 5) is 4.85. The Morgan fingerprint density at radius 3 is 2.27 bits per heavy atom. The molecule has 0 aliphatic carbocycles. The summed E-state index contributed by atoms with van der Waals surface area (Å²) in [5.74, 6) is 1.54. The van der Waals surface area contributed by atoms with Crippen LogP contribution in [0.3, 0.4) is 0 Å². The minimum atomic E-state index is 0.397. The SMILES string of the molecule is Cc1ccccc1-c1ccc(Cn2c(C(C)C)nc3ccccc32)cc1. The van der Waals surface area contributed by atoms with Crippen LogP contribution in [0.2, 0.25) is 0 Å². The Bertz CT molecular complexity index is 1040. The molecule has 0 saturated heterocycles. The number of para-hydroxylation sites is 2. The molecule has 26 heavy (non-hydrogen) atoms. The lowest BCUT2D eigenvalue weighted by Crippen LogP contribution is -2.06. The number of aromatic nitrogens is 2. The van der Waals surface area contributed by atoms with E-state index in [0.29, 0.717) is 5.92 Å². The van der Waals surface area contributed by atoms with Crippen LogP contribution in [0.25, 0.3) is 22.2 Å². The Hall–Kier alpha value is -2.87. The van der Waals surface area contributed by atoms with Crippen molar-refractivity contribution < 1.29 is 0 Å². The standard InChI is InChI=1S/C24H24N2/c1-17(2)24-25-22-10-6-7-11-23(22)26(24)16-19-12-14-20(15-13-19)21-9-5-4-8-18(21)3/h4-15,17H,16H2,1-3H3. The number of nitrogens with zero attached hydrogens (tertiary/aromatic N) is 2. The van der Waals surface area contributed by atoms with Crippen molar-refractivity contribution in [2.75, 3.05) is 0 Å². The molecule has 0 N–H and O–H groups in total. The highest BCUT2D eigenvalue weighted by atomic mass is 15.1. The van der Waals surface area contributed by atoms with E-state index in [4.69, 9.17) is 4.98 Å². The first-order chi connectivity index (χ1) is 12.6. The zero-order valence-corrected chi connectivity index (χ0v) is 15.6. The predicted octanol–water partition coefficient (Wildman–Crippen LogP) is 6.18. The second-order valence-corrected chi connectivity index (χ2v) is 7.21. The van der Waals surface area contributed by atoms with E-state index in [0.717, 1.165) is 17.9 Å². The van der Waals surface area contributed by atoms with Crippen molar-refractivity contribution in [3.05, 3.63) is 89.7 Å². The summed E-state index contributed by atoms with van der Waals surface area (Å²) in [6, 6.07) is 25.9. The molecule has 0 aliphatic rings. The van der Waals surface area contributed by atoms with Gasteiger partial charge in [-0.25, -0.2) is 4.98 Å². The van der Waals surface area contributed by atoms with Gasteiger partial charge in [-0.3, -0.25) is 0 Å². The Kier molecular flexibility index (Phi) is 4.34. The van der Waals surface area contributed by atoms with Crippen LogP contribution in [0.5, 0.6) is 0 Å². The van der Waals surface area contributed by atoms with E-state index in [1.165, 1.54) is 27.8 Å². The zero-order valence-electron chi connectivity index (χ0n) is 15.6. The molecule has 1 aromatic heterocycles. The Morgan fingerprint density at radius 2 is 1.54 bits per heavy atom. The molecule has 0 bridgehead atoms. The summed E-state index contributed by atoms with van der Waals surface area (Å²) in [6.07, 6.45) is 0. The first kappa shape index (κ1) is 16.6. The number of hydrogen-bond donors (Lipinski definition) is 0. The maximum Gasteiger partial charge on any atom is 0.112 e. The van der Waals surface area contributed by atoms with Gasteiger partial charge in [-0.2, -0.15) is 0 Å². The van der Waals surface area contributed by atoms with Crippen LogP contribution in [0.4, 0.5) is 0 Å². The summed E-state index contributed by atoms with van der Waals surface area (Å²) in [6.45, 7) is 7.43. The lowest BCUT2D eigenvalue weighted by Gasteiger charge is -2.12.